The van der Waals surface area contributed by atoms with Crippen LogP contribution < -0.4 is 0 Å². The maximum Gasteiger partial charge on any atom is 0.237 e. The molecule has 2 saturated heterocycles. The molecule has 2 fully saturated rings. The molecule has 0 bridgehead atoms. The number of piperidine rings is 1. The van der Waals surface area contributed by atoms with Crippen molar-refractivity contribution in [3.8, 4) is 0 Å². The number of carbonyl (C=O) groups excluding carboxylic acids is 1. The van der Waals surface area contributed by atoms with Gasteiger partial charge in [0.05, 0.1) is 18.8 Å². The van der Waals surface area contributed by atoms with Crippen LogP contribution in [0.1, 0.15) is 33.1 Å². The van der Waals surface area contributed by atoms with E-state index in [0.717, 1.165) is 32.1 Å². The number of fused-ring (bicyclic) bond motifs is 1. The minimum Gasteiger partial charge on any atom is -0.378 e. The third kappa shape index (κ3) is 4.43. The van der Waals surface area contributed by atoms with Crippen LogP contribution in [0.15, 0.2) is 0 Å². The smallest absolute Gasteiger partial charge is 0.237 e. The summed E-state index contributed by atoms with van der Waals surface area (Å²) in [5.41, 5.74) is -0.200. The van der Waals surface area contributed by atoms with Crippen LogP contribution in [0.5, 0.6) is 0 Å². The van der Waals surface area contributed by atoms with Crippen molar-refractivity contribution in [2.75, 3.05) is 38.3 Å². The van der Waals surface area contributed by atoms with Gasteiger partial charge in [-0.05, 0) is 33.1 Å². The molecule has 7 heteroatoms. The summed E-state index contributed by atoms with van der Waals surface area (Å²) in [5.74, 6) is -0.727. The molecular formula is C15H27NO5S. The lowest BCUT2D eigenvalue weighted by Gasteiger charge is -2.50. The number of likely N-dealkylation sites (tertiary alicyclic amines) is 1. The van der Waals surface area contributed by atoms with Gasteiger partial charge in [-0.1, -0.05) is 0 Å². The average Bonchev–Trinajstić information content (AvgIpc) is 2.43. The maximum absolute atomic E-state index is 12.2. The summed E-state index contributed by atoms with van der Waals surface area (Å²) in [6, 6.07) is 0. The van der Waals surface area contributed by atoms with E-state index in [2.05, 4.69) is 0 Å². The summed E-state index contributed by atoms with van der Waals surface area (Å²) < 4.78 is 34.5. The first-order chi connectivity index (χ1) is 10.2. The van der Waals surface area contributed by atoms with Gasteiger partial charge in [-0.2, -0.15) is 0 Å². The zero-order valence-corrected chi connectivity index (χ0v) is 14.5. The van der Waals surface area contributed by atoms with E-state index >= 15 is 0 Å². The summed E-state index contributed by atoms with van der Waals surface area (Å²) in [5, 5.41) is 0. The largest absolute Gasteiger partial charge is 0.378 e. The van der Waals surface area contributed by atoms with Crippen LogP contribution in [0.4, 0.5) is 0 Å². The number of carbonyl (C=O) groups is 1. The Morgan fingerprint density at radius 1 is 1.45 bits per heavy atom. The molecule has 0 radical (unpaired) electrons. The lowest BCUT2D eigenvalue weighted by molar-refractivity contribution is -0.166. The third-order valence-corrected chi connectivity index (χ3v) is 5.20. The summed E-state index contributed by atoms with van der Waals surface area (Å²) in [7, 11) is -3.30. The van der Waals surface area contributed by atoms with Crippen LogP contribution in [-0.4, -0.2) is 69.7 Å². The van der Waals surface area contributed by atoms with E-state index in [-0.39, 0.29) is 23.5 Å². The number of nitrogens with zero attached hydrogens (tertiary/aromatic N) is 1. The number of sulfone groups is 1. The molecule has 2 heterocycles. The number of ether oxygens (including phenoxy) is 2. The van der Waals surface area contributed by atoms with E-state index in [4.69, 9.17) is 9.47 Å². The first kappa shape index (κ1) is 17.7. The van der Waals surface area contributed by atoms with Crippen molar-refractivity contribution in [2.24, 2.45) is 5.41 Å². The van der Waals surface area contributed by atoms with Crippen LogP contribution in [0.2, 0.25) is 0 Å². The molecule has 2 aliphatic heterocycles. The quantitative estimate of drug-likeness (QED) is 0.746. The summed E-state index contributed by atoms with van der Waals surface area (Å²) in [6.07, 6.45) is 3.97. The molecule has 128 valence electrons. The fourth-order valence-corrected chi connectivity index (χ4v) is 3.99. The fourth-order valence-electron chi connectivity index (χ4n) is 3.36. The molecule has 2 aliphatic rings. The van der Waals surface area contributed by atoms with Crippen molar-refractivity contribution >= 4 is 15.7 Å². The van der Waals surface area contributed by atoms with Crippen LogP contribution >= 0.6 is 0 Å². The predicted octanol–water partition coefficient (Wildman–Crippen LogP) is 0.854. The minimum absolute atomic E-state index is 0.0993. The lowest BCUT2D eigenvalue weighted by Crippen LogP contribution is -2.58. The van der Waals surface area contributed by atoms with Gasteiger partial charge in [-0.15, -0.1) is 0 Å². The SMILES string of the molecule is CC(C)OC[C@]12CCCO[C@H]1CCN(C(=O)CS(C)(=O)=O)C2. The average molecular weight is 333 g/mol. The second-order valence-electron chi connectivity index (χ2n) is 6.86. The zero-order valence-electron chi connectivity index (χ0n) is 13.7. The molecular weight excluding hydrogens is 306 g/mol. The molecule has 6 nitrogen and oxygen atoms in total. The van der Waals surface area contributed by atoms with Crippen molar-refractivity contribution in [3.63, 3.8) is 0 Å². The molecule has 2 rings (SSSR count). The summed E-state index contributed by atoms with van der Waals surface area (Å²) >= 11 is 0. The maximum atomic E-state index is 12.2. The number of amides is 1. The second-order valence-corrected chi connectivity index (χ2v) is 9.00. The Balaban J connectivity index is 2.10. The van der Waals surface area contributed by atoms with Gasteiger partial charge in [-0.3, -0.25) is 4.79 Å². The van der Waals surface area contributed by atoms with Crippen molar-refractivity contribution in [1.82, 2.24) is 4.90 Å². The Morgan fingerprint density at radius 2 is 2.18 bits per heavy atom. The Labute approximate surface area is 133 Å². The van der Waals surface area contributed by atoms with Gasteiger partial charge in [0, 0.05) is 31.4 Å². The minimum atomic E-state index is -3.30. The van der Waals surface area contributed by atoms with Crippen LogP contribution in [-0.2, 0) is 24.1 Å². The Kier molecular flexibility index (Phi) is 5.50. The molecule has 22 heavy (non-hydrogen) atoms. The van der Waals surface area contributed by atoms with E-state index in [1.165, 1.54) is 0 Å². The van der Waals surface area contributed by atoms with Gasteiger partial charge in [0.15, 0.2) is 9.84 Å². The van der Waals surface area contributed by atoms with Crippen molar-refractivity contribution < 1.29 is 22.7 Å². The number of rotatable bonds is 5. The molecule has 2 atom stereocenters. The lowest BCUT2D eigenvalue weighted by atomic mass is 9.73. The Morgan fingerprint density at radius 3 is 2.82 bits per heavy atom. The Bertz CT molecular complexity index is 504. The Hall–Kier alpha value is -0.660. The van der Waals surface area contributed by atoms with E-state index < -0.39 is 15.6 Å². The van der Waals surface area contributed by atoms with Crippen LogP contribution in [0.3, 0.4) is 0 Å². The van der Waals surface area contributed by atoms with Gasteiger partial charge in [-0.25, -0.2) is 8.42 Å². The highest BCUT2D eigenvalue weighted by molar-refractivity contribution is 7.91. The van der Waals surface area contributed by atoms with E-state index in [1.807, 2.05) is 13.8 Å². The second kappa shape index (κ2) is 6.84. The van der Waals surface area contributed by atoms with E-state index in [9.17, 15) is 13.2 Å². The molecule has 1 amide bonds. The topological polar surface area (TPSA) is 72.9 Å². The van der Waals surface area contributed by atoms with Gasteiger partial charge < -0.3 is 14.4 Å². The van der Waals surface area contributed by atoms with Gasteiger partial charge in [0.25, 0.3) is 0 Å². The molecule has 0 aromatic rings. The van der Waals surface area contributed by atoms with Gasteiger partial charge in [0.1, 0.15) is 5.75 Å². The monoisotopic (exact) mass is 333 g/mol. The van der Waals surface area contributed by atoms with E-state index in [0.29, 0.717) is 19.7 Å². The number of hydrogen-bond donors (Lipinski definition) is 0. The summed E-state index contributed by atoms with van der Waals surface area (Å²) in [6.45, 7) is 6.38. The van der Waals surface area contributed by atoms with Crippen molar-refractivity contribution in [1.29, 1.82) is 0 Å². The van der Waals surface area contributed by atoms with Crippen LogP contribution in [0.25, 0.3) is 0 Å². The first-order valence-corrected chi connectivity index (χ1v) is 9.97. The molecule has 0 aromatic heterocycles. The van der Waals surface area contributed by atoms with Gasteiger partial charge in [0.2, 0.25) is 5.91 Å². The van der Waals surface area contributed by atoms with Crippen molar-refractivity contribution in [2.45, 2.75) is 45.3 Å². The standard InChI is InChI=1S/C15H27NO5S/c1-12(2)21-11-15-6-4-8-20-13(15)5-7-16(10-15)14(17)9-22(3,18)19/h12-13H,4-11H2,1-3H3/t13-,15+/m0/s1. The van der Waals surface area contributed by atoms with E-state index in [1.54, 1.807) is 4.90 Å². The molecule has 0 unspecified atom stereocenters. The zero-order chi connectivity index (χ0) is 16.4. The molecule has 0 N–H and O–H groups in total. The molecule has 0 aromatic carbocycles. The summed E-state index contributed by atoms with van der Waals surface area (Å²) in [4.78, 5) is 13.9. The molecule has 0 saturated carbocycles. The van der Waals surface area contributed by atoms with Crippen LogP contribution in [0, 0.1) is 5.41 Å². The van der Waals surface area contributed by atoms with Gasteiger partial charge >= 0.3 is 0 Å². The highest BCUT2D eigenvalue weighted by Crippen LogP contribution is 2.40. The first-order valence-electron chi connectivity index (χ1n) is 7.91. The highest BCUT2D eigenvalue weighted by Gasteiger charge is 2.47. The van der Waals surface area contributed by atoms with Crippen molar-refractivity contribution in [3.05, 3.63) is 0 Å². The number of hydrogen-bond acceptors (Lipinski definition) is 5. The highest BCUT2D eigenvalue weighted by atomic mass is 32.2. The molecule has 0 aliphatic carbocycles. The molecule has 0 spiro atoms. The normalized spacial score (nSPS) is 29.5. The third-order valence-electron chi connectivity index (χ3n) is 4.43. The fraction of sp³-hybridized carbons (Fsp3) is 0.933. The predicted molar refractivity (Wildman–Crippen MR) is 83.4 cm³/mol.